The summed E-state index contributed by atoms with van der Waals surface area (Å²) in [5, 5.41) is 0. The van der Waals surface area contributed by atoms with E-state index in [0.29, 0.717) is 0 Å². The molecule has 2 fully saturated rings. The second-order valence-electron chi connectivity index (χ2n) is 9.67. The van der Waals surface area contributed by atoms with E-state index in [4.69, 9.17) is 4.74 Å². The van der Waals surface area contributed by atoms with Crippen LogP contribution in [0, 0.1) is 5.92 Å². The third-order valence-electron chi connectivity index (χ3n) is 6.12. The lowest BCUT2D eigenvalue weighted by Gasteiger charge is -2.37. The molecule has 1 aliphatic carbocycles. The normalized spacial score (nSPS) is 22.4. The molecule has 0 unspecified atom stereocenters. The van der Waals surface area contributed by atoms with E-state index in [-0.39, 0.29) is 6.09 Å². The maximum Gasteiger partial charge on any atom is 0.410 e. The van der Waals surface area contributed by atoms with E-state index < -0.39 is 5.60 Å². The predicted molar refractivity (Wildman–Crippen MR) is 114 cm³/mol. The Bertz CT molecular complexity index is 662. The molecule has 0 N–H and O–H groups in total. The lowest BCUT2D eigenvalue weighted by Crippen LogP contribution is -2.47. The van der Waals surface area contributed by atoms with Crippen molar-refractivity contribution in [2.24, 2.45) is 5.92 Å². The molecule has 27 heavy (non-hydrogen) atoms. The van der Waals surface area contributed by atoms with Crippen LogP contribution in [0.4, 0.5) is 4.79 Å². The number of hydrogen-bond donors (Lipinski definition) is 0. The van der Waals surface area contributed by atoms with Gasteiger partial charge in [0.2, 0.25) is 0 Å². The minimum Gasteiger partial charge on any atom is -0.443 e. The first kappa shape index (κ1) is 21.8. The Kier molecular flexibility index (Phi) is 6.99. The average Bonchev–Trinajstić information content (AvgIpc) is 2.50. The van der Waals surface area contributed by atoms with Gasteiger partial charge in [0.05, 0.1) is 0 Å². The van der Waals surface area contributed by atoms with Crippen molar-refractivity contribution in [3.63, 3.8) is 0 Å². The quantitative estimate of drug-likeness (QED) is 0.507. The smallest absolute Gasteiger partial charge is 0.410 e. The molecule has 0 radical (unpaired) electrons. The molecule has 0 aromatic rings. The van der Waals surface area contributed by atoms with E-state index in [2.05, 4.69) is 41.5 Å². The molecule has 2 aliphatic rings. The number of amides is 1. The molecule has 1 saturated heterocycles. The van der Waals surface area contributed by atoms with Crippen LogP contribution < -0.4 is 0 Å². The van der Waals surface area contributed by atoms with Gasteiger partial charge in [-0.25, -0.2) is 4.79 Å². The summed E-state index contributed by atoms with van der Waals surface area (Å²) in [5.41, 5.74) is 8.28. The minimum atomic E-state index is -0.438. The van der Waals surface area contributed by atoms with Gasteiger partial charge in [-0.3, -0.25) is 0 Å². The van der Waals surface area contributed by atoms with Gasteiger partial charge in [-0.15, -0.1) is 0 Å². The minimum absolute atomic E-state index is 0.174. The van der Waals surface area contributed by atoms with Gasteiger partial charge in [0, 0.05) is 13.1 Å². The molecule has 0 aromatic heterocycles. The third kappa shape index (κ3) is 5.73. The molecule has 152 valence electrons. The summed E-state index contributed by atoms with van der Waals surface area (Å²) in [6, 6.07) is 0. The van der Waals surface area contributed by atoms with Crippen LogP contribution in [0.5, 0.6) is 0 Å². The Hall–Kier alpha value is -1.51. The maximum atomic E-state index is 12.4. The Morgan fingerprint density at radius 1 is 1.07 bits per heavy atom. The summed E-state index contributed by atoms with van der Waals surface area (Å²) < 4.78 is 5.83. The Labute approximate surface area is 166 Å². The van der Waals surface area contributed by atoms with Gasteiger partial charge < -0.3 is 9.64 Å². The van der Waals surface area contributed by atoms with Crippen LogP contribution in [0.2, 0.25) is 0 Å². The number of likely N-dealkylation sites (tertiary alicyclic amines) is 1. The van der Waals surface area contributed by atoms with Crippen LogP contribution in [-0.2, 0) is 4.74 Å². The largest absolute Gasteiger partial charge is 0.443 e. The number of carbonyl (C=O) groups is 1. The second-order valence-corrected chi connectivity index (χ2v) is 9.67. The van der Waals surface area contributed by atoms with E-state index in [1.807, 2.05) is 13.8 Å². The van der Waals surface area contributed by atoms with Crippen molar-refractivity contribution in [3.05, 3.63) is 33.4 Å². The summed E-state index contributed by atoms with van der Waals surface area (Å²) in [6.07, 6.45) is 5.35. The van der Waals surface area contributed by atoms with Gasteiger partial charge in [-0.05, 0) is 103 Å². The highest BCUT2D eigenvalue weighted by Crippen LogP contribution is 2.38. The lowest BCUT2D eigenvalue weighted by atomic mass is 9.78. The van der Waals surface area contributed by atoms with Gasteiger partial charge in [0.15, 0.2) is 0 Å². The average molecular weight is 374 g/mol. The number of rotatable bonds is 4. The van der Waals surface area contributed by atoms with Gasteiger partial charge >= 0.3 is 6.09 Å². The van der Waals surface area contributed by atoms with Crippen molar-refractivity contribution in [1.82, 2.24) is 4.90 Å². The summed E-state index contributed by atoms with van der Waals surface area (Å²) in [4.78, 5) is 14.2. The molecule has 2 rings (SSSR count). The number of hydrogen-bond acceptors (Lipinski definition) is 2. The van der Waals surface area contributed by atoms with Crippen molar-refractivity contribution in [1.29, 1.82) is 0 Å². The monoisotopic (exact) mass is 373 g/mol. The highest BCUT2D eigenvalue weighted by molar-refractivity contribution is 5.71. The van der Waals surface area contributed by atoms with Crippen molar-refractivity contribution in [3.8, 4) is 0 Å². The first-order valence-corrected chi connectivity index (χ1v) is 10.5. The third-order valence-corrected chi connectivity index (χ3v) is 6.12. The molecule has 0 bridgehead atoms. The second kappa shape index (κ2) is 8.67. The molecular weight excluding hydrogens is 334 g/mol. The van der Waals surface area contributed by atoms with Gasteiger partial charge in [-0.2, -0.15) is 0 Å². The summed E-state index contributed by atoms with van der Waals surface area (Å²) >= 11 is 0. The van der Waals surface area contributed by atoms with E-state index in [1.165, 1.54) is 41.6 Å². The van der Waals surface area contributed by atoms with Crippen LogP contribution in [-0.4, -0.2) is 29.7 Å². The number of carbonyl (C=O) groups excluding carboxylic acids is 1. The van der Waals surface area contributed by atoms with Crippen molar-refractivity contribution >= 4 is 6.09 Å². The van der Waals surface area contributed by atoms with Gasteiger partial charge in [-0.1, -0.05) is 23.6 Å². The fourth-order valence-corrected chi connectivity index (χ4v) is 3.94. The Morgan fingerprint density at radius 3 is 2.26 bits per heavy atom. The number of nitrogens with zero attached hydrogens (tertiary/aromatic N) is 1. The van der Waals surface area contributed by atoms with Gasteiger partial charge in [0.25, 0.3) is 0 Å². The molecule has 1 heterocycles. The molecule has 1 atom stereocenters. The molecule has 1 saturated carbocycles. The van der Waals surface area contributed by atoms with Crippen LogP contribution >= 0.6 is 0 Å². The fourth-order valence-electron chi connectivity index (χ4n) is 3.94. The van der Waals surface area contributed by atoms with Crippen molar-refractivity contribution in [2.75, 3.05) is 13.1 Å². The highest BCUT2D eigenvalue weighted by atomic mass is 16.6. The lowest BCUT2D eigenvalue weighted by molar-refractivity contribution is 0.00541. The number of ether oxygens (including phenoxy) is 1. The fraction of sp³-hybridized carbons (Fsp3) is 0.708. The predicted octanol–water partition coefficient (Wildman–Crippen LogP) is 6.81. The molecule has 3 nitrogen and oxygen atoms in total. The van der Waals surface area contributed by atoms with E-state index >= 15 is 0 Å². The Morgan fingerprint density at radius 2 is 1.70 bits per heavy atom. The van der Waals surface area contributed by atoms with E-state index in [1.54, 1.807) is 16.0 Å². The van der Waals surface area contributed by atoms with Crippen molar-refractivity contribution in [2.45, 2.75) is 93.1 Å². The molecule has 1 amide bonds. The summed E-state index contributed by atoms with van der Waals surface area (Å²) in [7, 11) is 0. The van der Waals surface area contributed by atoms with Crippen LogP contribution in [0.1, 0.15) is 87.5 Å². The van der Waals surface area contributed by atoms with E-state index in [9.17, 15) is 4.79 Å². The maximum absolute atomic E-state index is 12.4. The highest BCUT2D eigenvalue weighted by Gasteiger charge is 2.32. The zero-order chi connectivity index (χ0) is 20.4. The van der Waals surface area contributed by atoms with Gasteiger partial charge in [0.1, 0.15) is 5.60 Å². The standard InChI is InChI=1S/C24H39NO2/c1-16(2)20-14-25(15-20)23(26)27-24(7,8)12-11-19(6)21-10-9-18(5)13-22(21)17(3)4/h18H,9-15H2,1-8H3/b21-19-/t18-/m1/s1. The summed E-state index contributed by atoms with van der Waals surface area (Å²) in [5.74, 6) is 0.783. The zero-order valence-electron chi connectivity index (χ0n) is 18.8. The SMILES string of the molecule is CC(C)=C1CN(C(=O)OC(C)(C)CC/C(C)=C2/CC[C@@H](C)CC2=C(C)C)C1. The topological polar surface area (TPSA) is 29.5 Å². The molecular formula is C24H39NO2. The van der Waals surface area contributed by atoms with Crippen LogP contribution in [0.15, 0.2) is 33.4 Å². The molecule has 0 aromatic carbocycles. The number of allylic oxidation sites excluding steroid dienone is 5. The molecule has 1 aliphatic heterocycles. The Balaban J connectivity index is 1.95. The summed E-state index contributed by atoms with van der Waals surface area (Å²) in [6.45, 7) is 18.8. The molecule has 0 spiro atoms. The first-order chi connectivity index (χ1) is 12.5. The van der Waals surface area contributed by atoms with Crippen molar-refractivity contribution < 1.29 is 9.53 Å². The van der Waals surface area contributed by atoms with Crippen LogP contribution in [0.25, 0.3) is 0 Å². The first-order valence-electron chi connectivity index (χ1n) is 10.5. The molecule has 3 heteroatoms. The van der Waals surface area contributed by atoms with E-state index in [0.717, 1.165) is 31.8 Å². The van der Waals surface area contributed by atoms with Crippen LogP contribution in [0.3, 0.4) is 0 Å². The zero-order valence-corrected chi connectivity index (χ0v) is 18.8.